The number of carbonyl (C=O) groups excluding carboxylic acids is 1. The Balaban J connectivity index is 0.00000256. The van der Waals surface area contributed by atoms with E-state index in [1.165, 1.54) is 69.4 Å². The third-order valence-electron chi connectivity index (χ3n) is 6.40. The molecule has 4 nitrogen and oxygen atoms in total. The van der Waals surface area contributed by atoms with E-state index in [-0.39, 0.29) is 24.4 Å². The Kier molecular flexibility index (Phi) is 9.21. The molecule has 0 spiro atoms. The molecule has 1 aromatic rings. The predicted octanol–water partition coefficient (Wildman–Crippen LogP) is 6.53. The van der Waals surface area contributed by atoms with Crippen LogP contribution in [0, 0.1) is 0 Å². The highest BCUT2D eigenvalue weighted by molar-refractivity contribution is 8.14. The molecule has 1 aliphatic heterocycles. The first-order chi connectivity index (χ1) is 14.2. The third kappa shape index (κ3) is 6.30. The van der Waals surface area contributed by atoms with Gasteiger partial charge in [0.1, 0.15) is 0 Å². The van der Waals surface area contributed by atoms with E-state index in [1.807, 2.05) is 36.0 Å². The fraction of sp³-hybridized carbons (Fsp3) is 0.652. The fourth-order valence-electron chi connectivity index (χ4n) is 4.88. The smallest absolute Gasteiger partial charge is 0.226 e. The summed E-state index contributed by atoms with van der Waals surface area (Å²) in [6.07, 6.45) is 13.4. The summed E-state index contributed by atoms with van der Waals surface area (Å²) in [6.45, 7) is 0. The number of thioether (sulfide) groups is 1. The van der Waals surface area contributed by atoms with Gasteiger partial charge < -0.3 is 10.2 Å². The van der Waals surface area contributed by atoms with Crippen molar-refractivity contribution in [1.29, 1.82) is 0 Å². The number of nitrogens with one attached hydrogen (secondary N) is 1. The molecule has 1 atom stereocenters. The predicted molar refractivity (Wildman–Crippen MR) is 131 cm³/mol. The molecule has 0 aromatic heterocycles. The van der Waals surface area contributed by atoms with Gasteiger partial charge in [0.05, 0.1) is 6.04 Å². The van der Waals surface area contributed by atoms with E-state index in [0.29, 0.717) is 23.5 Å². The standard InChI is InChI=1S/C23H32ClN3OS.ClH/c24-17-11-13-19(14-12-17)25-22(28)15-21-16-29-23(26-18-7-3-1-4-8-18)27(21)20-9-5-2-6-10-20;/h11-14,18,20-21H,1-10,15-16H2,(H,25,28);1H. The molecule has 1 unspecified atom stereocenters. The molecule has 1 heterocycles. The molecule has 4 rings (SSSR count). The summed E-state index contributed by atoms with van der Waals surface area (Å²) in [6, 6.07) is 8.63. The number of hydrogen-bond acceptors (Lipinski definition) is 3. The number of anilines is 1. The average molecular weight is 471 g/mol. The van der Waals surface area contributed by atoms with Crippen molar-refractivity contribution in [2.75, 3.05) is 11.1 Å². The summed E-state index contributed by atoms with van der Waals surface area (Å²) in [4.78, 5) is 20.5. The van der Waals surface area contributed by atoms with Gasteiger partial charge >= 0.3 is 0 Å². The van der Waals surface area contributed by atoms with Crippen LogP contribution in [0.4, 0.5) is 5.69 Å². The van der Waals surface area contributed by atoms with Gasteiger partial charge in [-0.3, -0.25) is 9.79 Å². The molecule has 30 heavy (non-hydrogen) atoms. The molecular formula is C23H33Cl2N3OS. The van der Waals surface area contributed by atoms with Gasteiger partial charge in [0.2, 0.25) is 5.91 Å². The monoisotopic (exact) mass is 469 g/mol. The molecule has 166 valence electrons. The molecule has 1 aromatic carbocycles. The van der Waals surface area contributed by atoms with E-state index in [4.69, 9.17) is 16.6 Å². The van der Waals surface area contributed by atoms with Crippen LogP contribution in [0.25, 0.3) is 0 Å². The van der Waals surface area contributed by atoms with Gasteiger partial charge in [0, 0.05) is 35.0 Å². The molecule has 3 aliphatic rings. The quantitative estimate of drug-likeness (QED) is 0.532. The minimum absolute atomic E-state index is 0. The van der Waals surface area contributed by atoms with Gasteiger partial charge in [0.25, 0.3) is 0 Å². The Hall–Kier alpha value is -0.910. The van der Waals surface area contributed by atoms with Crippen molar-refractivity contribution >= 4 is 52.5 Å². The lowest BCUT2D eigenvalue weighted by molar-refractivity contribution is -0.117. The summed E-state index contributed by atoms with van der Waals surface area (Å²) < 4.78 is 0. The van der Waals surface area contributed by atoms with Gasteiger partial charge in [0.15, 0.2) is 5.17 Å². The minimum Gasteiger partial charge on any atom is -0.344 e. The molecule has 2 aliphatic carbocycles. The first-order valence-electron chi connectivity index (χ1n) is 11.2. The van der Waals surface area contributed by atoms with Crippen LogP contribution in [0.15, 0.2) is 29.3 Å². The summed E-state index contributed by atoms with van der Waals surface area (Å²) in [7, 11) is 0. The van der Waals surface area contributed by atoms with Gasteiger partial charge in [-0.25, -0.2) is 0 Å². The summed E-state index contributed by atoms with van der Waals surface area (Å²) in [5, 5.41) is 4.94. The van der Waals surface area contributed by atoms with Crippen LogP contribution in [0.2, 0.25) is 5.02 Å². The van der Waals surface area contributed by atoms with Crippen molar-refractivity contribution in [2.24, 2.45) is 4.99 Å². The van der Waals surface area contributed by atoms with E-state index < -0.39 is 0 Å². The van der Waals surface area contributed by atoms with Gasteiger partial charge in [-0.05, 0) is 49.9 Å². The molecule has 0 radical (unpaired) electrons. The van der Waals surface area contributed by atoms with E-state index in [1.54, 1.807) is 0 Å². The van der Waals surface area contributed by atoms with Crippen molar-refractivity contribution in [1.82, 2.24) is 4.90 Å². The van der Waals surface area contributed by atoms with Crippen LogP contribution >= 0.6 is 35.8 Å². The second-order valence-corrected chi connectivity index (χ2v) is 10.1. The highest BCUT2D eigenvalue weighted by Gasteiger charge is 2.37. The Morgan fingerprint density at radius 3 is 2.33 bits per heavy atom. The number of benzene rings is 1. The number of nitrogens with zero attached hydrogens (tertiary/aromatic N) is 2. The number of carbonyl (C=O) groups is 1. The Labute approximate surface area is 196 Å². The van der Waals surface area contributed by atoms with Crippen LogP contribution in [0.1, 0.15) is 70.6 Å². The molecule has 0 bridgehead atoms. The number of amidine groups is 1. The van der Waals surface area contributed by atoms with Gasteiger partial charge in [-0.2, -0.15) is 0 Å². The van der Waals surface area contributed by atoms with E-state index in [9.17, 15) is 4.79 Å². The second-order valence-electron chi connectivity index (χ2n) is 8.63. The zero-order valence-electron chi connectivity index (χ0n) is 17.5. The van der Waals surface area contributed by atoms with E-state index in [2.05, 4.69) is 10.2 Å². The molecule has 7 heteroatoms. The second kappa shape index (κ2) is 11.6. The molecule has 1 N–H and O–H groups in total. The van der Waals surface area contributed by atoms with E-state index in [0.717, 1.165) is 11.4 Å². The highest BCUT2D eigenvalue weighted by Crippen LogP contribution is 2.35. The van der Waals surface area contributed by atoms with E-state index >= 15 is 0 Å². The summed E-state index contributed by atoms with van der Waals surface area (Å²) in [5.74, 6) is 1.05. The van der Waals surface area contributed by atoms with Crippen LogP contribution < -0.4 is 5.32 Å². The third-order valence-corrected chi connectivity index (χ3v) is 7.78. The number of aliphatic imine (C=N–C) groups is 1. The van der Waals surface area contributed by atoms with Crippen LogP contribution in [-0.2, 0) is 4.79 Å². The zero-order chi connectivity index (χ0) is 20.1. The number of hydrogen-bond donors (Lipinski definition) is 1. The minimum atomic E-state index is 0. The van der Waals surface area contributed by atoms with Crippen LogP contribution in [0.5, 0.6) is 0 Å². The summed E-state index contributed by atoms with van der Waals surface area (Å²) >= 11 is 7.83. The Bertz CT molecular complexity index is 716. The lowest BCUT2D eigenvalue weighted by Crippen LogP contribution is -2.45. The maximum Gasteiger partial charge on any atom is 0.226 e. The number of amides is 1. The van der Waals surface area contributed by atoms with Crippen molar-refractivity contribution in [3.8, 4) is 0 Å². The molecule has 1 saturated heterocycles. The van der Waals surface area contributed by atoms with Crippen LogP contribution in [0.3, 0.4) is 0 Å². The molecule has 3 fully saturated rings. The van der Waals surface area contributed by atoms with Crippen molar-refractivity contribution in [3.05, 3.63) is 29.3 Å². The van der Waals surface area contributed by atoms with Crippen molar-refractivity contribution in [3.63, 3.8) is 0 Å². The maximum absolute atomic E-state index is 12.8. The van der Waals surface area contributed by atoms with Crippen LogP contribution in [-0.4, -0.2) is 39.9 Å². The van der Waals surface area contributed by atoms with Gasteiger partial charge in [-0.15, -0.1) is 12.4 Å². The van der Waals surface area contributed by atoms with Crippen molar-refractivity contribution < 1.29 is 4.79 Å². The first-order valence-corrected chi connectivity index (χ1v) is 12.6. The lowest BCUT2D eigenvalue weighted by Gasteiger charge is -2.37. The number of halogens is 2. The highest BCUT2D eigenvalue weighted by atomic mass is 35.5. The van der Waals surface area contributed by atoms with Crippen molar-refractivity contribution in [2.45, 2.75) is 88.8 Å². The topological polar surface area (TPSA) is 44.7 Å². The zero-order valence-corrected chi connectivity index (χ0v) is 19.9. The summed E-state index contributed by atoms with van der Waals surface area (Å²) in [5.41, 5.74) is 0.811. The Morgan fingerprint density at radius 2 is 1.67 bits per heavy atom. The fourth-order valence-corrected chi connectivity index (χ4v) is 6.30. The SMILES string of the molecule is Cl.O=C(CC1CSC(=NC2CCCCC2)N1C1CCCCC1)Nc1ccc(Cl)cc1. The largest absolute Gasteiger partial charge is 0.344 e. The lowest BCUT2D eigenvalue weighted by atomic mass is 9.93. The number of rotatable bonds is 5. The Morgan fingerprint density at radius 1 is 1.03 bits per heavy atom. The molecular weight excluding hydrogens is 437 g/mol. The average Bonchev–Trinajstić information content (AvgIpc) is 3.13. The maximum atomic E-state index is 12.8. The normalized spacial score (nSPS) is 24.6. The molecule has 2 saturated carbocycles. The van der Waals surface area contributed by atoms with Gasteiger partial charge in [-0.1, -0.05) is 61.9 Å². The molecule has 1 amide bonds. The first kappa shape index (κ1) is 23.7.